The van der Waals surface area contributed by atoms with Crippen molar-refractivity contribution in [2.24, 2.45) is 0 Å². The number of ketones is 1. The van der Waals surface area contributed by atoms with Gasteiger partial charge in [-0.2, -0.15) is 0 Å². The average molecular weight is 434 g/mol. The molecule has 164 valence electrons. The van der Waals surface area contributed by atoms with Gasteiger partial charge in [0.15, 0.2) is 5.78 Å². The highest BCUT2D eigenvalue weighted by atomic mass is 16.5. The lowest BCUT2D eigenvalue weighted by molar-refractivity contribution is -0.134. The lowest BCUT2D eigenvalue weighted by Gasteiger charge is -2.35. The number of ether oxygens (including phenoxy) is 2. The number of carbonyl (C=O) groups excluding carboxylic acids is 4. The highest BCUT2D eigenvalue weighted by Crippen LogP contribution is 2.40. The smallest absolute Gasteiger partial charge is 0.262 e. The summed E-state index contributed by atoms with van der Waals surface area (Å²) in [5, 5.41) is 0. The molecule has 0 saturated carbocycles. The van der Waals surface area contributed by atoms with Crippen LogP contribution in [0.3, 0.4) is 0 Å². The number of nitrogens with zero attached hydrogens (tertiary/aromatic N) is 2. The van der Waals surface area contributed by atoms with Gasteiger partial charge in [0.25, 0.3) is 11.8 Å². The molecule has 8 heteroatoms. The number of hydrogen-bond donors (Lipinski definition) is 0. The molecule has 3 aliphatic heterocycles. The van der Waals surface area contributed by atoms with Gasteiger partial charge in [-0.1, -0.05) is 12.1 Å². The first kappa shape index (κ1) is 20.2. The molecule has 2 aromatic carbocycles. The number of likely N-dealkylation sites (tertiary alicyclic amines) is 1. The van der Waals surface area contributed by atoms with Crippen LogP contribution in [0.2, 0.25) is 0 Å². The molecule has 5 rings (SSSR count). The monoisotopic (exact) mass is 434 g/mol. The number of amides is 3. The van der Waals surface area contributed by atoms with Crippen molar-refractivity contribution in [1.82, 2.24) is 9.80 Å². The summed E-state index contributed by atoms with van der Waals surface area (Å²) in [6, 6.07) is 10.7. The fourth-order valence-electron chi connectivity index (χ4n) is 4.79. The largest absolute Gasteiger partial charge is 0.497 e. The van der Waals surface area contributed by atoms with Crippen molar-refractivity contribution in [3.05, 3.63) is 59.2 Å². The fourth-order valence-corrected chi connectivity index (χ4v) is 4.79. The third-order valence-electron chi connectivity index (χ3n) is 6.49. The normalized spacial score (nSPS) is 22.6. The number of fused-ring (bicyclic) bond motifs is 2. The summed E-state index contributed by atoms with van der Waals surface area (Å²) in [6.07, 6.45) is 0.642. The molecule has 0 aliphatic carbocycles. The second-order valence-corrected chi connectivity index (χ2v) is 8.46. The van der Waals surface area contributed by atoms with Crippen LogP contribution in [0.5, 0.6) is 11.5 Å². The molecule has 0 radical (unpaired) electrons. The van der Waals surface area contributed by atoms with Crippen LogP contribution < -0.4 is 9.47 Å². The van der Waals surface area contributed by atoms with Gasteiger partial charge in [0.05, 0.1) is 36.8 Å². The number of methoxy groups -OCH3 is 1. The molecular weight excluding hydrogens is 412 g/mol. The predicted octanol–water partition coefficient (Wildman–Crippen LogP) is 2.32. The van der Waals surface area contributed by atoms with Gasteiger partial charge in [-0.15, -0.1) is 0 Å². The maximum atomic E-state index is 13.2. The van der Waals surface area contributed by atoms with Gasteiger partial charge >= 0.3 is 0 Å². The Morgan fingerprint density at radius 1 is 1.06 bits per heavy atom. The standard InChI is InChI=1S/C24H22N2O6/c1-14(26-22(29)16-5-3-4-6-17(16)23(26)30)21(28)25-10-9-24(13-25)12-19(27)18-11-15(31-2)7-8-20(18)32-24/h3-8,11,14H,9-10,12-13H2,1-2H3. The molecule has 32 heavy (non-hydrogen) atoms. The van der Waals surface area contributed by atoms with Crippen LogP contribution in [-0.4, -0.2) is 65.1 Å². The minimum Gasteiger partial charge on any atom is -0.497 e. The first-order valence-corrected chi connectivity index (χ1v) is 10.5. The first-order valence-electron chi connectivity index (χ1n) is 10.5. The third-order valence-corrected chi connectivity index (χ3v) is 6.49. The van der Waals surface area contributed by atoms with Crippen LogP contribution >= 0.6 is 0 Å². The van der Waals surface area contributed by atoms with E-state index in [9.17, 15) is 19.2 Å². The molecule has 1 saturated heterocycles. The van der Waals surface area contributed by atoms with Crippen molar-refractivity contribution in [3.63, 3.8) is 0 Å². The summed E-state index contributed by atoms with van der Waals surface area (Å²) in [4.78, 5) is 54.1. The van der Waals surface area contributed by atoms with Crippen molar-refractivity contribution in [3.8, 4) is 11.5 Å². The van der Waals surface area contributed by atoms with Gasteiger partial charge in [0, 0.05) is 13.0 Å². The number of hydrogen-bond acceptors (Lipinski definition) is 6. The Hall–Kier alpha value is -3.68. The molecule has 2 unspecified atom stereocenters. The van der Waals surface area contributed by atoms with E-state index in [0.717, 1.165) is 4.90 Å². The van der Waals surface area contributed by atoms with Gasteiger partial charge < -0.3 is 14.4 Å². The van der Waals surface area contributed by atoms with Crippen LogP contribution in [0, 0.1) is 0 Å². The van der Waals surface area contributed by atoms with E-state index in [0.29, 0.717) is 41.2 Å². The van der Waals surface area contributed by atoms with Gasteiger partial charge in [-0.25, -0.2) is 0 Å². The first-order chi connectivity index (χ1) is 15.3. The van der Waals surface area contributed by atoms with Crippen LogP contribution in [-0.2, 0) is 4.79 Å². The minimum atomic E-state index is -0.951. The molecule has 2 atom stereocenters. The van der Waals surface area contributed by atoms with Crippen LogP contribution in [0.15, 0.2) is 42.5 Å². The summed E-state index contributed by atoms with van der Waals surface area (Å²) in [6.45, 7) is 2.16. The molecule has 8 nitrogen and oxygen atoms in total. The summed E-state index contributed by atoms with van der Waals surface area (Å²) in [5.74, 6) is -0.278. The van der Waals surface area contributed by atoms with Crippen LogP contribution in [0.1, 0.15) is 50.8 Å². The second-order valence-electron chi connectivity index (χ2n) is 8.46. The molecule has 1 fully saturated rings. The molecule has 3 aliphatic rings. The van der Waals surface area contributed by atoms with Gasteiger partial charge in [-0.3, -0.25) is 24.1 Å². The van der Waals surface area contributed by atoms with E-state index in [4.69, 9.17) is 9.47 Å². The van der Waals surface area contributed by atoms with Crippen molar-refractivity contribution >= 4 is 23.5 Å². The Morgan fingerprint density at radius 3 is 2.41 bits per heavy atom. The zero-order valence-electron chi connectivity index (χ0n) is 17.8. The van der Waals surface area contributed by atoms with Gasteiger partial charge in [0.2, 0.25) is 5.91 Å². The zero-order valence-corrected chi connectivity index (χ0v) is 17.8. The zero-order chi connectivity index (χ0) is 22.6. The quantitative estimate of drug-likeness (QED) is 0.689. The lowest BCUT2D eigenvalue weighted by Crippen LogP contribution is -2.51. The van der Waals surface area contributed by atoms with Crippen molar-refractivity contribution in [1.29, 1.82) is 0 Å². The van der Waals surface area contributed by atoms with Gasteiger partial charge in [0.1, 0.15) is 23.1 Å². The highest BCUT2D eigenvalue weighted by Gasteiger charge is 2.49. The van der Waals surface area contributed by atoms with E-state index in [1.54, 1.807) is 54.3 Å². The molecule has 0 N–H and O–H groups in total. The number of benzene rings is 2. The Bertz CT molecular complexity index is 1140. The summed E-state index contributed by atoms with van der Waals surface area (Å²) >= 11 is 0. The second kappa shape index (κ2) is 7.19. The Balaban J connectivity index is 1.33. The number of Topliss-reactive ketones (excluding diaryl/α,β-unsaturated/α-hetero) is 1. The number of carbonyl (C=O) groups is 4. The molecule has 3 amide bonds. The third kappa shape index (κ3) is 2.97. The Morgan fingerprint density at radius 2 is 1.75 bits per heavy atom. The summed E-state index contributed by atoms with van der Waals surface area (Å²) < 4.78 is 11.4. The van der Waals surface area contributed by atoms with E-state index in [-0.39, 0.29) is 24.7 Å². The van der Waals surface area contributed by atoms with E-state index in [1.165, 1.54) is 7.11 Å². The van der Waals surface area contributed by atoms with E-state index in [2.05, 4.69) is 0 Å². The van der Waals surface area contributed by atoms with Gasteiger partial charge in [-0.05, 0) is 37.3 Å². The lowest BCUT2D eigenvalue weighted by atomic mass is 9.89. The van der Waals surface area contributed by atoms with Crippen molar-refractivity contribution in [2.45, 2.75) is 31.4 Å². The Kier molecular flexibility index (Phi) is 4.54. The number of imide groups is 1. The number of rotatable bonds is 3. The maximum absolute atomic E-state index is 13.2. The Labute approximate surface area is 184 Å². The predicted molar refractivity (Wildman–Crippen MR) is 113 cm³/mol. The van der Waals surface area contributed by atoms with Crippen molar-refractivity contribution < 1.29 is 28.7 Å². The topological polar surface area (TPSA) is 93.2 Å². The average Bonchev–Trinajstić information content (AvgIpc) is 3.31. The summed E-state index contributed by atoms with van der Waals surface area (Å²) in [7, 11) is 1.54. The molecule has 0 aromatic heterocycles. The maximum Gasteiger partial charge on any atom is 0.262 e. The van der Waals surface area contributed by atoms with Crippen molar-refractivity contribution in [2.75, 3.05) is 20.2 Å². The van der Waals surface area contributed by atoms with Crippen LogP contribution in [0.25, 0.3) is 0 Å². The minimum absolute atomic E-state index is 0.0622. The van der Waals surface area contributed by atoms with Crippen LogP contribution in [0.4, 0.5) is 0 Å². The fraction of sp³-hybridized carbons (Fsp3) is 0.333. The van der Waals surface area contributed by atoms with E-state index in [1.807, 2.05) is 0 Å². The molecule has 0 bridgehead atoms. The molecule has 2 aromatic rings. The summed E-state index contributed by atoms with van der Waals surface area (Å²) in [5.41, 5.74) is 0.279. The highest BCUT2D eigenvalue weighted by molar-refractivity contribution is 6.22. The molecule has 3 heterocycles. The van der Waals surface area contributed by atoms with E-state index < -0.39 is 23.5 Å². The molecule has 1 spiro atoms. The molecular formula is C24H22N2O6. The SMILES string of the molecule is COc1ccc2c(c1)C(=O)CC1(CCN(C(=O)C(C)N3C(=O)c4ccccc4C3=O)C1)O2. The van der Waals surface area contributed by atoms with E-state index >= 15 is 0 Å².